The Bertz CT molecular complexity index is 1610. The first-order chi connectivity index (χ1) is 25.0. The van der Waals surface area contributed by atoms with Crippen molar-refractivity contribution in [2.24, 2.45) is 0 Å². The number of phenols is 5. The van der Waals surface area contributed by atoms with E-state index in [1.54, 1.807) is 0 Å². The van der Waals surface area contributed by atoms with Gasteiger partial charge >= 0.3 is 30.9 Å². The first-order valence-corrected chi connectivity index (χ1v) is 14.3. The third-order valence-electron chi connectivity index (χ3n) is 5.87. The molecule has 5 rings (SSSR count). The Hall–Kier alpha value is -4.97. The average Bonchev–Trinajstić information content (AvgIpc) is 3.04. The number of halogens is 16. The van der Waals surface area contributed by atoms with Crippen molar-refractivity contribution in [1.82, 2.24) is 0 Å². The summed E-state index contributed by atoms with van der Waals surface area (Å²) >= 11 is 0. The van der Waals surface area contributed by atoms with E-state index in [2.05, 4.69) is 0 Å². The van der Waals surface area contributed by atoms with E-state index in [4.69, 9.17) is 25.5 Å². The molecular weight excluding hydrogens is 1000 g/mol. The first kappa shape index (κ1) is 54.1. The predicted octanol–water partition coefficient (Wildman–Crippen LogP) is 9.06. The van der Waals surface area contributed by atoms with Gasteiger partial charge in [-0.15, -0.1) is 0 Å². The molecule has 0 bridgehead atoms. The maximum atomic E-state index is 11.9. The van der Waals surface area contributed by atoms with E-state index in [0.29, 0.717) is 30.3 Å². The van der Waals surface area contributed by atoms with Crippen LogP contribution in [-0.2, 0) is 51.9 Å². The molecule has 0 unspecified atom stereocenters. The molecule has 0 aliphatic rings. The summed E-state index contributed by atoms with van der Waals surface area (Å²) in [5.41, 5.74) is -4.18. The Kier molecular flexibility index (Phi) is 21.5. The molecule has 0 spiro atoms. The summed E-state index contributed by atoms with van der Waals surface area (Å²) in [4.78, 5) is 0. The molecule has 57 heavy (non-hydrogen) atoms. The Morgan fingerprint density at radius 1 is 0.263 bits per heavy atom. The van der Waals surface area contributed by atoms with Gasteiger partial charge in [0.05, 0.1) is 27.8 Å². The molecule has 0 aliphatic carbocycles. The number of benzene rings is 5. The molecule has 5 aromatic rings. The third kappa shape index (κ3) is 21.8. The van der Waals surface area contributed by atoms with Crippen molar-refractivity contribution in [3.05, 3.63) is 149 Å². The van der Waals surface area contributed by atoms with E-state index in [1.165, 1.54) is 30.3 Å². The summed E-state index contributed by atoms with van der Waals surface area (Å²) < 4.78 is 178. The predicted molar refractivity (Wildman–Crippen MR) is 166 cm³/mol. The summed E-state index contributed by atoms with van der Waals surface area (Å²) in [6.45, 7) is 0. The molecule has 0 heterocycles. The molecule has 5 N–H and O–H groups in total. The molecule has 5 nitrogen and oxygen atoms in total. The van der Waals surface area contributed by atoms with Gasteiger partial charge in [0.25, 0.3) is 0 Å². The first-order valence-electron chi connectivity index (χ1n) is 14.3. The van der Waals surface area contributed by atoms with Gasteiger partial charge < -0.3 is 37.9 Å². The quantitative estimate of drug-likeness (QED) is 0.0998. The van der Waals surface area contributed by atoms with Gasteiger partial charge in [-0.2, -0.15) is 65.9 Å². The Balaban J connectivity index is 0. The smallest absolute Gasteiger partial charge is 0.416 e. The molecule has 0 aromatic heterocycles. The zero-order chi connectivity index (χ0) is 42.4. The maximum absolute atomic E-state index is 11.9. The van der Waals surface area contributed by atoms with Crippen molar-refractivity contribution in [3.63, 3.8) is 0 Å². The van der Waals surface area contributed by atoms with Crippen LogP contribution in [0.15, 0.2) is 121 Å². The molecular formula is C35H25ClF15O5W-. The van der Waals surface area contributed by atoms with Crippen LogP contribution in [-0.4, -0.2) is 25.5 Å². The molecule has 0 saturated heterocycles. The van der Waals surface area contributed by atoms with E-state index in [-0.39, 0.29) is 62.2 Å². The molecule has 22 heteroatoms. The fourth-order valence-corrected chi connectivity index (χ4v) is 3.41. The van der Waals surface area contributed by atoms with Crippen molar-refractivity contribution in [1.29, 1.82) is 0 Å². The summed E-state index contributed by atoms with van der Waals surface area (Å²) in [5.74, 6) is -1.88. The molecule has 0 saturated carbocycles. The largest absolute Gasteiger partial charge is 1.00 e. The minimum Gasteiger partial charge on any atom is -1.00 e. The van der Waals surface area contributed by atoms with Gasteiger partial charge in [0.2, 0.25) is 0 Å². The van der Waals surface area contributed by atoms with E-state index in [0.717, 1.165) is 60.7 Å². The Morgan fingerprint density at radius 3 is 0.456 bits per heavy atom. The van der Waals surface area contributed by atoms with Crippen molar-refractivity contribution >= 4 is 0 Å². The van der Waals surface area contributed by atoms with Gasteiger partial charge in [-0.1, -0.05) is 30.3 Å². The van der Waals surface area contributed by atoms with Crippen LogP contribution in [0.4, 0.5) is 65.9 Å². The number of alkyl halides is 15. The fourth-order valence-electron chi connectivity index (χ4n) is 3.41. The maximum Gasteiger partial charge on any atom is 0.416 e. The average molecular weight is 1030 g/mol. The van der Waals surface area contributed by atoms with Gasteiger partial charge in [-0.05, 0) is 91.0 Å². The van der Waals surface area contributed by atoms with Crippen molar-refractivity contribution in [2.45, 2.75) is 30.9 Å². The normalized spacial score (nSPS) is 11.1. The number of hydrogen-bond donors (Lipinski definition) is 5. The van der Waals surface area contributed by atoms with Crippen molar-refractivity contribution in [3.8, 4) is 28.7 Å². The van der Waals surface area contributed by atoms with E-state index in [1.807, 2.05) is 0 Å². The minimum absolute atomic E-state index is 0. The second kappa shape index (κ2) is 22.7. The van der Waals surface area contributed by atoms with Crippen LogP contribution in [0.2, 0.25) is 0 Å². The van der Waals surface area contributed by atoms with Crippen LogP contribution >= 0.6 is 0 Å². The summed E-state index contributed by atoms with van der Waals surface area (Å²) in [6.07, 6.45) is -21.9. The van der Waals surface area contributed by atoms with E-state index < -0.39 is 58.7 Å². The van der Waals surface area contributed by atoms with Gasteiger partial charge in [0, 0.05) is 21.1 Å². The molecule has 0 atom stereocenters. The number of rotatable bonds is 0. The van der Waals surface area contributed by atoms with Gasteiger partial charge in [-0.3, -0.25) is 0 Å². The second-order valence-electron chi connectivity index (χ2n) is 10.2. The van der Waals surface area contributed by atoms with E-state index in [9.17, 15) is 65.9 Å². The van der Waals surface area contributed by atoms with Crippen LogP contribution in [0, 0.1) is 0 Å². The van der Waals surface area contributed by atoms with Crippen molar-refractivity contribution in [2.75, 3.05) is 0 Å². The Labute approximate surface area is 333 Å². The SMILES string of the molecule is Oc1cccc(C(F)(F)F)c1.Oc1cccc(C(F)(F)F)c1.Oc1cccc(C(F)(F)F)c1.Oc1cccc(C(F)(F)F)c1.Oc1cccc(C(F)(F)F)c1.[Cl-].[W]. The summed E-state index contributed by atoms with van der Waals surface area (Å²) in [5, 5.41) is 43.4. The number of hydrogen-bond acceptors (Lipinski definition) is 5. The monoisotopic (exact) mass is 1030 g/mol. The number of phenolic OH excluding ortho intramolecular Hbond substituents is 5. The summed E-state index contributed by atoms with van der Waals surface area (Å²) in [6, 6.07) is 19.6. The van der Waals surface area contributed by atoms with Crippen molar-refractivity contribution < 1.29 is 125 Å². The third-order valence-corrected chi connectivity index (χ3v) is 5.87. The van der Waals surface area contributed by atoms with Crippen LogP contribution < -0.4 is 12.4 Å². The van der Waals surface area contributed by atoms with Crippen LogP contribution in [0.5, 0.6) is 28.7 Å². The molecule has 0 amide bonds. The Morgan fingerprint density at radius 2 is 0.386 bits per heavy atom. The molecule has 0 fully saturated rings. The zero-order valence-electron chi connectivity index (χ0n) is 27.7. The number of aromatic hydroxyl groups is 5. The second-order valence-corrected chi connectivity index (χ2v) is 10.2. The van der Waals surface area contributed by atoms with Crippen LogP contribution in [0.3, 0.4) is 0 Å². The van der Waals surface area contributed by atoms with E-state index >= 15 is 0 Å². The van der Waals surface area contributed by atoms with Crippen LogP contribution in [0.1, 0.15) is 27.8 Å². The molecule has 0 radical (unpaired) electrons. The molecule has 0 aliphatic heterocycles. The molecule has 314 valence electrons. The van der Waals surface area contributed by atoms with Gasteiger partial charge in [0.1, 0.15) is 28.7 Å². The summed E-state index contributed by atoms with van der Waals surface area (Å²) in [7, 11) is 0. The molecule has 5 aromatic carbocycles. The standard InChI is InChI=1S/5C7H5F3O.ClH.W/c5*8-7(9,10)5-2-1-3-6(11)4-5;;/h5*1-4,11H;1H;/p-1. The van der Waals surface area contributed by atoms with Gasteiger partial charge in [-0.25, -0.2) is 0 Å². The van der Waals surface area contributed by atoms with Crippen LogP contribution in [0.25, 0.3) is 0 Å². The topological polar surface area (TPSA) is 101 Å². The zero-order valence-corrected chi connectivity index (χ0v) is 31.4. The minimum atomic E-state index is -4.38. The van der Waals surface area contributed by atoms with Gasteiger partial charge in [0.15, 0.2) is 0 Å². The fraction of sp³-hybridized carbons (Fsp3) is 0.143.